The third kappa shape index (κ3) is 2.33. The van der Waals surface area contributed by atoms with E-state index in [2.05, 4.69) is 0 Å². The van der Waals surface area contributed by atoms with Gasteiger partial charge in [0.25, 0.3) is 0 Å². The highest BCUT2D eigenvalue weighted by molar-refractivity contribution is 5.83. The van der Waals surface area contributed by atoms with Crippen molar-refractivity contribution in [3.8, 4) is 0 Å². The van der Waals surface area contributed by atoms with Gasteiger partial charge in [0, 0.05) is 25.7 Å². The smallest absolute Gasteiger partial charge is 0.230 e. The molecule has 17 heavy (non-hydrogen) atoms. The molecule has 0 aromatic heterocycles. The minimum atomic E-state index is -0.364. The quantitative estimate of drug-likeness (QED) is 0.748. The number of aliphatic hydroxyl groups excluding tert-OH is 1. The Hall–Kier alpha value is -0.610. The van der Waals surface area contributed by atoms with Crippen LogP contribution in [0.25, 0.3) is 0 Å². The Labute approximate surface area is 103 Å². The molecule has 3 N–H and O–H groups in total. The van der Waals surface area contributed by atoms with Gasteiger partial charge >= 0.3 is 0 Å². The van der Waals surface area contributed by atoms with Crippen LogP contribution in [0.5, 0.6) is 0 Å². The Morgan fingerprint density at radius 1 is 1.47 bits per heavy atom. The van der Waals surface area contributed by atoms with Crippen LogP contribution in [0.4, 0.5) is 0 Å². The normalized spacial score (nSPS) is 38.4. The van der Waals surface area contributed by atoms with E-state index in [1.165, 1.54) is 0 Å². The molecule has 0 aromatic rings. The number of likely N-dealkylation sites (tertiary alicyclic amines) is 1. The number of nitrogens with zero attached hydrogens (tertiary/aromatic N) is 1. The van der Waals surface area contributed by atoms with Gasteiger partial charge in [-0.1, -0.05) is 6.42 Å². The highest BCUT2D eigenvalue weighted by Gasteiger charge is 2.45. The molecule has 4 heteroatoms. The number of hydrogen-bond donors (Lipinski definition) is 2. The SMILES string of the molecule is CC1(C(=O)N2CCCC(CO)C2)CCCC1N. The van der Waals surface area contributed by atoms with Gasteiger partial charge in [0.05, 0.1) is 5.41 Å². The molecule has 2 aliphatic rings. The van der Waals surface area contributed by atoms with Crippen LogP contribution in [0.1, 0.15) is 39.0 Å². The van der Waals surface area contributed by atoms with Crippen molar-refractivity contribution >= 4 is 5.91 Å². The van der Waals surface area contributed by atoms with Crippen LogP contribution in [-0.4, -0.2) is 41.7 Å². The van der Waals surface area contributed by atoms with Gasteiger partial charge in [0.1, 0.15) is 0 Å². The molecule has 1 saturated heterocycles. The van der Waals surface area contributed by atoms with Gasteiger partial charge in [0.2, 0.25) is 5.91 Å². The molecule has 98 valence electrons. The minimum Gasteiger partial charge on any atom is -0.396 e. The van der Waals surface area contributed by atoms with Crippen molar-refractivity contribution in [2.24, 2.45) is 17.1 Å². The molecule has 3 unspecified atom stereocenters. The third-order valence-corrected chi connectivity index (χ3v) is 4.58. The molecule has 2 fully saturated rings. The summed E-state index contributed by atoms with van der Waals surface area (Å²) in [5.74, 6) is 0.467. The van der Waals surface area contributed by atoms with E-state index in [1.54, 1.807) is 0 Å². The van der Waals surface area contributed by atoms with Crippen molar-refractivity contribution in [2.75, 3.05) is 19.7 Å². The van der Waals surface area contributed by atoms with Gasteiger partial charge in [0.15, 0.2) is 0 Å². The maximum Gasteiger partial charge on any atom is 0.230 e. The Bertz CT molecular complexity index is 295. The first-order valence-corrected chi connectivity index (χ1v) is 6.73. The summed E-state index contributed by atoms with van der Waals surface area (Å²) in [6.07, 6.45) is 4.96. The van der Waals surface area contributed by atoms with Crippen molar-refractivity contribution < 1.29 is 9.90 Å². The predicted octanol–water partition coefficient (Wildman–Crippen LogP) is 0.735. The molecule has 1 aliphatic carbocycles. The Kier molecular flexibility index (Phi) is 3.73. The Morgan fingerprint density at radius 2 is 2.24 bits per heavy atom. The molecular formula is C13H24N2O2. The van der Waals surface area contributed by atoms with E-state index >= 15 is 0 Å². The molecule has 1 amide bonds. The van der Waals surface area contributed by atoms with Gasteiger partial charge in [-0.3, -0.25) is 4.79 Å². The lowest BCUT2D eigenvalue weighted by molar-refractivity contribution is -0.143. The topological polar surface area (TPSA) is 66.6 Å². The molecule has 4 nitrogen and oxygen atoms in total. The van der Waals surface area contributed by atoms with Gasteiger partial charge in [-0.25, -0.2) is 0 Å². The van der Waals surface area contributed by atoms with Crippen LogP contribution in [0, 0.1) is 11.3 Å². The van der Waals surface area contributed by atoms with Crippen LogP contribution in [0.3, 0.4) is 0 Å². The molecule has 0 bridgehead atoms. The monoisotopic (exact) mass is 240 g/mol. The third-order valence-electron chi connectivity index (χ3n) is 4.58. The lowest BCUT2D eigenvalue weighted by atomic mass is 9.82. The fraction of sp³-hybridized carbons (Fsp3) is 0.923. The summed E-state index contributed by atoms with van der Waals surface area (Å²) in [5.41, 5.74) is 5.73. The number of piperidine rings is 1. The molecule has 1 aliphatic heterocycles. The molecule has 3 atom stereocenters. The summed E-state index contributed by atoms with van der Waals surface area (Å²) in [5, 5.41) is 9.21. The van der Waals surface area contributed by atoms with Crippen LogP contribution < -0.4 is 5.73 Å². The van der Waals surface area contributed by atoms with E-state index in [0.29, 0.717) is 6.54 Å². The maximum atomic E-state index is 12.6. The predicted molar refractivity (Wildman–Crippen MR) is 66.3 cm³/mol. The van der Waals surface area contributed by atoms with E-state index < -0.39 is 0 Å². The van der Waals surface area contributed by atoms with Gasteiger partial charge < -0.3 is 15.7 Å². The van der Waals surface area contributed by atoms with Gasteiger partial charge in [-0.05, 0) is 38.5 Å². The first kappa shape index (κ1) is 12.8. The van der Waals surface area contributed by atoms with Crippen LogP contribution in [-0.2, 0) is 4.79 Å². The summed E-state index contributed by atoms with van der Waals surface area (Å²) in [4.78, 5) is 14.5. The first-order chi connectivity index (χ1) is 8.08. The van der Waals surface area contributed by atoms with Gasteiger partial charge in [-0.2, -0.15) is 0 Å². The Morgan fingerprint density at radius 3 is 2.82 bits per heavy atom. The van der Waals surface area contributed by atoms with E-state index in [1.807, 2.05) is 11.8 Å². The van der Waals surface area contributed by atoms with Crippen LogP contribution >= 0.6 is 0 Å². The zero-order valence-electron chi connectivity index (χ0n) is 10.7. The number of nitrogens with two attached hydrogens (primary N) is 1. The number of hydrogen-bond acceptors (Lipinski definition) is 3. The number of rotatable bonds is 2. The number of carbonyl (C=O) groups excluding carboxylic acids is 1. The molecule has 1 saturated carbocycles. The molecule has 0 radical (unpaired) electrons. The highest BCUT2D eigenvalue weighted by atomic mass is 16.3. The second kappa shape index (κ2) is 4.94. The molecule has 0 aromatic carbocycles. The largest absolute Gasteiger partial charge is 0.396 e. The lowest BCUT2D eigenvalue weighted by Crippen LogP contribution is -2.52. The van der Waals surface area contributed by atoms with E-state index in [0.717, 1.165) is 38.6 Å². The molecule has 2 rings (SSSR count). The van der Waals surface area contributed by atoms with Crippen molar-refractivity contribution in [2.45, 2.75) is 45.1 Å². The molecule has 0 spiro atoms. The average Bonchev–Trinajstić information content (AvgIpc) is 2.70. The summed E-state index contributed by atoms with van der Waals surface area (Å²) in [6, 6.07) is 0.00417. The van der Waals surface area contributed by atoms with Crippen molar-refractivity contribution in [3.05, 3.63) is 0 Å². The number of amides is 1. The minimum absolute atomic E-state index is 0.00417. The van der Waals surface area contributed by atoms with Gasteiger partial charge in [-0.15, -0.1) is 0 Å². The summed E-state index contributed by atoms with van der Waals surface area (Å²) >= 11 is 0. The van der Waals surface area contributed by atoms with Crippen LogP contribution in [0.15, 0.2) is 0 Å². The van der Waals surface area contributed by atoms with Crippen molar-refractivity contribution in [1.29, 1.82) is 0 Å². The van der Waals surface area contributed by atoms with Crippen molar-refractivity contribution in [3.63, 3.8) is 0 Å². The fourth-order valence-corrected chi connectivity index (χ4v) is 3.22. The second-order valence-corrected chi connectivity index (χ2v) is 5.86. The number of carbonyl (C=O) groups is 1. The molecular weight excluding hydrogens is 216 g/mol. The van der Waals surface area contributed by atoms with Crippen molar-refractivity contribution in [1.82, 2.24) is 4.90 Å². The summed E-state index contributed by atoms with van der Waals surface area (Å²) in [7, 11) is 0. The number of aliphatic hydroxyl groups is 1. The van der Waals surface area contributed by atoms with Crippen LogP contribution in [0.2, 0.25) is 0 Å². The first-order valence-electron chi connectivity index (χ1n) is 6.73. The standard InChI is InChI=1S/C13H24N2O2/c1-13(6-2-5-11(13)14)12(17)15-7-3-4-10(8-15)9-16/h10-11,16H,2-9,14H2,1H3. The zero-order chi connectivity index (χ0) is 12.5. The average molecular weight is 240 g/mol. The fourth-order valence-electron chi connectivity index (χ4n) is 3.22. The summed E-state index contributed by atoms with van der Waals surface area (Å²) in [6.45, 7) is 3.73. The van der Waals surface area contributed by atoms with E-state index in [-0.39, 0.29) is 29.9 Å². The maximum absolute atomic E-state index is 12.6. The summed E-state index contributed by atoms with van der Waals surface area (Å²) < 4.78 is 0. The molecule has 1 heterocycles. The zero-order valence-corrected chi connectivity index (χ0v) is 10.7. The lowest BCUT2D eigenvalue weighted by Gasteiger charge is -2.38. The Balaban J connectivity index is 2.04. The highest BCUT2D eigenvalue weighted by Crippen LogP contribution is 2.39. The second-order valence-electron chi connectivity index (χ2n) is 5.86. The van der Waals surface area contributed by atoms with E-state index in [4.69, 9.17) is 5.73 Å². The van der Waals surface area contributed by atoms with E-state index in [9.17, 15) is 9.90 Å².